The van der Waals surface area contributed by atoms with E-state index in [0.717, 1.165) is 11.4 Å². The Morgan fingerprint density at radius 1 is 1.62 bits per heavy atom. The smallest absolute Gasteiger partial charge is 0.307 e. The Morgan fingerprint density at radius 3 is 2.88 bits per heavy atom. The van der Waals surface area contributed by atoms with E-state index >= 15 is 0 Å². The summed E-state index contributed by atoms with van der Waals surface area (Å²) in [5.74, 6) is 0.609. The molecule has 2 N–H and O–H groups in total. The predicted octanol–water partition coefficient (Wildman–Crippen LogP) is 0.972. The van der Waals surface area contributed by atoms with Crippen LogP contribution in [0.15, 0.2) is 12.3 Å². The van der Waals surface area contributed by atoms with Gasteiger partial charge in [-0.1, -0.05) is 0 Å². The van der Waals surface area contributed by atoms with E-state index in [2.05, 4.69) is 9.72 Å². The van der Waals surface area contributed by atoms with Gasteiger partial charge in [0.1, 0.15) is 5.82 Å². The third-order valence-electron chi connectivity index (χ3n) is 2.31. The zero-order valence-electron chi connectivity index (χ0n) is 9.86. The Bertz CT molecular complexity index is 379. The number of rotatable bonds is 4. The summed E-state index contributed by atoms with van der Waals surface area (Å²) in [5.41, 5.74) is 7.25. The van der Waals surface area contributed by atoms with Gasteiger partial charge in [-0.05, 0) is 18.6 Å². The lowest BCUT2D eigenvalue weighted by Crippen LogP contribution is -2.23. The summed E-state index contributed by atoms with van der Waals surface area (Å²) in [4.78, 5) is 17.1. The highest BCUT2D eigenvalue weighted by molar-refractivity contribution is 5.70. The highest BCUT2D eigenvalue weighted by Gasteiger charge is 2.08. The summed E-state index contributed by atoms with van der Waals surface area (Å²) in [7, 11) is 3.27. The number of hydrogen-bond acceptors (Lipinski definition) is 5. The molecule has 0 fully saturated rings. The van der Waals surface area contributed by atoms with Crippen molar-refractivity contribution in [1.29, 1.82) is 0 Å². The summed E-state index contributed by atoms with van der Waals surface area (Å²) in [6.45, 7) is 2.51. The Hall–Kier alpha value is -1.78. The minimum Gasteiger partial charge on any atom is -0.469 e. The third-order valence-corrected chi connectivity index (χ3v) is 2.31. The molecule has 0 bridgehead atoms. The van der Waals surface area contributed by atoms with Crippen molar-refractivity contribution in [3.05, 3.63) is 17.8 Å². The van der Waals surface area contributed by atoms with Gasteiger partial charge in [-0.25, -0.2) is 4.98 Å². The second-order valence-corrected chi connectivity index (χ2v) is 3.66. The maximum absolute atomic E-state index is 11.0. The van der Waals surface area contributed by atoms with Gasteiger partial charge in [-0.2, -0.15) is 0 Å². The van der Waals surface area contributed by atoms with Crippen LogP contribution in [0, 0.1) is 6.92 Å². The van der Waals surface area contributed by atoms with Gasteiger partial charge >= 0.3 is 5.97 Å². The summed E-state index contributed by atoms with van der Waals surface area (Å²) in [6.07, 6.45) is 1.95. The van der Waals surface area contributed by atoms with Crippen molar-refractivity contribution in [3.63, 3.8) is 0 Å². The Labute approximate surface area is 95.2 Å². The molecule has 0 aromatic carbocycles. The topological polar surface area (TPSA) is 68.5 Å². The molecule has 0 aliphatic rings. The minimum absolute atomic E-state index is 0.222. The predicted molar refractivity (Wildman–Crippen MR) is 63.3 cm³/mol. The van der Waals surface area contributed by atoms with Crippen molar-refractivity contribution in [2.24, 2.45) is 0 Å². The van der Waals surface area contributed by atoms with Crippen LogP contribution in [-0.2, 0) is 9.53 Å². The van der Waals surface area contributed by atoms with E-state index < -0.39 is 0 Å². The van der Waals surface area contributed by atoms with Crippen LogP contribution in [0.3, 0.4) is 0 Å². The summed E-state index contributed by atoms with van der Waals surface area (Å²) >= 11 is 0. The zero-order valence-corrected chi connectivity index (χ0v) is 9.86. The normalized spacial score (nSPS) is 9.94. The molecule has 0 amide bonds. The number of hydrogen-bond donors (Lipinski definition) is 1. The molecule has 88 valence electrons. The average molecular weight is 223 g/mol. The fourth-order valence-electron chi connectivity index (χ4n) is 1.46. The molecule has 5 heteroatoms. The van der Waals surface area contributed by atoms with Crippen LogP contribution in [0.25, 0.3) is 0 Å². The number of methoxy groups -OCH3 is 1. The molecule has 1 rings (SSSR count). The van der Waals surface area contributed by atoms with Gasteiger partial charge in [0.2, 0.25) is 0 Å². The summed E-state index contributed by atoms with van der Waals surface area (Å²) in [6, 6.07) is 1.86. The number of ether oxygens (including phenoxy) is 1. The molecule has 16 heavy (non-hydrogen) atoms. The lowest BCUT2D eigenvalue weighted by Gasteiger charge is -2.19. The van der Waals surface area contributed by atoms with Crippen molar-refractivity contribution in [3.8, 4) is 0 Å². The Morgan fingerprint density at radius 2 is 2.31 bits per heavy atom. The first-order valence-electron chi connectivity index (χ1n) is 5.04. The number of esters is 1. The van der Waals surface area contributed by atoms with E-state index in [1.54, 1.807) is 6.20 Å². The van der Waals surface area contributed by atoms with Gasteiger partial charge in [0.05, 0.1) is 25.4 Å². The molecule has 1 heterocycles. The SMILES string of the molecule is COC(=O)CCN(C)c1ncc(N)cc1C. The van der Waals surface area contributed by atoms with Crippen LogP contribution >= 0.6 is 0 Å². The van der Waals surface area contributed by atoms with Crippen molar-refractivity contribution < 1.29 is 9.53 Å². The van der Waals surface area contributed by atoms with Gasteiger partial charge in [0, 0.05) is 13.6 Å². The summed E-state index contributed by atoms with van der Waals surface area (Å²) < 4.78 is 4.58. The van der Waals surface area contributed by atoms with Gasteiger partial charge in [0.15, 0.2) is 0 Å². The van der Waals surface area contributed by atoms with E-state index in [1.807, 2.05) is 24.9 Å². The molecule has 1 aromatic rings. The first-order chi connectivity index (χ1) is 7.54. The van der Waals surface area contributed by atoms with Crippen LogP contribution in [0.5, 0.6) is 0 Å². The van der Waals surface area contributed by atoms with E-state index in [9.17, 15) is 4.79 Å². The maximum atomic E-state index is 11.0. The molecule has 0 aliphatic carbocycles. The number of nitrogens with two attached hydrogens (primary N) is 1. The monoisotopic (exact) mass is 223 g/mol. The van der Waals surface area contributed by atoms with E-state index in [-0.39, 0.29) is 5.97 Å². The number of carbonyl (C=O) groups is 1. The molecule has 5 nitrogen and oxygen atoms in total. The Balaban J connectivity index is 2.65. The number of carbonyl (C=O) groups excluding carboxylic acids is 1. The van der Waals surface area contributed by atoms with Crippen LogP contribution in [0.1, 0.15) is 12.0 Å². The van der Waals surface area contributed by atoms with Gasteiger partial charge < -0.3 is 15.4 Å². The van der Waals surface area contributed by atoms with Crippen LogP contribution in [0.4, 0.5) is 11.5 Å². The van der Waals surface area contributed by atoms with E-state index in [1.165, 1.54) is 7.11 Å². The first kappa shape index (κ1) is 12.3. The highest BCUT2D eigenvalue weighted by atomic mass is 16.5. The fourth-order valence-corrected chi connectivity index (χ4v) is 1.46. The standard InChI is InChI=1S/C11H17N3O2/c1-8-6-9(12)7-13-11(8)14(2)5-4-10(15)16-3/h6-7H,4-5,12H2,1-3H3. The van der Waals surface area contributed by atoms with Crippen LogP contribution in [0.2, 0.25) is 0 Å². The number of anilines is 2. The molecule has 0 saturated carbocycles. The maximum Gasteiger partial charge on any atom is 0.307 e. The molecule has 1 aromatic heterocycles. The second-order valence-electron chi connectivity index (χ2n) is 3.66. The molecular weight excluding hydrogens is 206 g/mol. The number of nitrogens with zero attached hydrogens (tertiary/aromatic N) is 2. The Kier molecular flexibility index (Phi) is 4.10. The van der Waals surface area contributed by atoms with Crippen LogP contribution in [-0.4, -0.2) is 31.7 Å². The molecule has 0 radical (unpaired) electrons. The lowest BCUT2D eigenvalue weighted by atomic mass is 10.2. The van der Waals surface area contributed by atoms with Gasteiger partial charge in [-0.3, -0.25) is 4.79 Å². The molecule has 0 spiro atoms. The lowest BCUT2D eigenvalue weighted by molar-refractivity contribution is -0.140. The fraction of sp³-hybridized carbons (Fsp3) is 0.455. The molecule has 0 atom stereocenters. The quantitative estimate of drug-likeness (QED) is 0.770. The zero-order chi connectivity index (χ0) is 12.1. The van der Waals surface area contributed by atoms with Crippen molar-refractivity contribution in [2.75, 3.05) is 31.3 Å². The minimum atomic E-state index is -0.222. The number of aromatic nitrogens is 1. The molecule has 0 unspecified atom stereocenters. The van der Waals surface area contributed by atoms with Crippen molar-refractivity contribution in [2.45, 2.75) is 13.3 Å². The molecule has 0 aliphatic heterocycles. The van der Waals surface area contributed by atoms with Gasteiger partial charge in [-0.15, -0.1) is 0 Å². The highest BCUT2D eigenvalue weighted by Crippen LogP contribution is 2.17. The van der Waals surface area contributed by atoms with Crippen molar-refractivity contribution in [1.82, 2.24) is 4.98 Å². The van der Waals surface area contributed by atoms with Crippen molar-refractivity contribution >= 4 is 17.5 Å². The largest absolute Gasteiger partial charge is 0.469 e. The average Bonchev–Trinajstić information content (AvgIpc) is 2.25. The number of pyridine rings is 1. The van der Waals surface area contributed by atoms with Crippen LogP contribution < -0.4 is 10.6 Å². The van der Waals surface area contributed by atoms with E-state index in [0.29, 0.717) is 18.7 Å². The van der Waals surface area contributed by atoms with Gasteiger partial charge in [0.25, 0.3) is 0 Å². The second kappa shape index (κ2) is 5.34. The third kappa shape index (κ3) is 3.12. The molecule has 0 saturated heterocycles. The number of nitrogen functional groups attached to an aromatic ring is 1. The van der Waals surface area contributed by atoms with E-state index in [4.69, 9.17) is 5.73 Å². The molecular formula is C11H17N3O2. The first-order valence-corrected chi connectivity index (χ1v) is 5.04. The summed E-state index contributed by atoms with van der Waals surface area (Å²) in [5, 5.41) is 0. The number of aryl methyl sites for hydroxylation is 1.